The van der Waals surface area contributed by atoms with Crippen molar-refractivity contribution in [3.63, 3.8) is 0 Å². The molecule has 0 aliphatic heterocycles. The molecule has 90 valence electrons. The second-order valence-corrected chi connectivity index (χ2v) is 2.82. The number of halogens is 4. The van der Waals surface area contributed by atoms with Crippen molar-refractivity contribution in [3.8, 4) is 6.57 Å². The molecule has 5 heteroatoms. The highest BCUT2D eigenvalue weighted by Crippen LogP contribution is 2.34. The van der Waals surface area contributed by atoms with Gasteiger partial charge in [-0.3, -0.25) is 0 Å². The van der Waals surface area contributed by atoms with Crippen LogP contribution in [0.25, 0.3) is 0 Å². The van der Waals surface area contributed by atoms with Gasteiger partial charge in [0.05, 0.1) is 5.56 Å². The first-order valence-electron chi connectivity index (χ1n) is 4.51. The highest BCUT2D eigenvalue weighted by atomic mass is 35.5. The van der Waals surface area contributed by atoms with Crippen LogP contribution in [0.1, 0.15) is 25.0 Å². The van der Waals surface area contributed by atoms with Crippen LogP contribution in [-0.2, 0) is 6.18 Å². The Morgan fingerprint density at radius 3 is 1.94 bits per heavy atom. The number of hydrogen-bond acceptors (Lipinski definition) is 1. The second-order valence-electron chi connectivity index (χ2n) is 2.41. The molecule has 0 unspecified atom stereocenters. The SMILES string of the molecule is C#N.CC.Cc1c(Cl)cccc1C(F)(F)F. The van der Waals surface area contributed by atoms with Gasteiger partial charge in [-0.25, -0.2) is 5.26 Å². The van der Waals surface area contributed by atoms with Crippen molar-refractivity contribution in [2.45, 2.75) is 26.9 Å². The maximum Gasteiger partial charge on any atom is 0.416 e. The fraction of sp³-hybridized carbons (Fsp3) is 0.364. The molecule has 0 amide bonds. The van der Waals surface area contributed by atoms with E-state index >= 15 is 0 Å². The topological polar surface area (TPSA) is 23.8 Å². The Morgan fingerprint density at radius 1 is 1.19 bits per heavy atom. The maximum absolute atomic E-state index is 12.2. The summed E-state index contributed by atoms with van der Waals surface area (Å²) in [5.41, 5.74) is -0.596. The van der Waals surface area contributed by atoms with Crippen LogP contribution in [0.2, 0.25) is 5.02 Å². The van der Waals surface area contributed by atoms with E-state index in [0.717, 1.165) is 6.07 Å². The van der Waals surface area contributed by atoms with Crippen LogP contribution in [0.5, 0.6) is 0 Å². The third-order valence-electron chi connectivity index (χ3n) is 1.57. The van der Waals surface area contributed by atoms with E-state index in [9.17, 15) is 13.2 Å². The zero-order valence-electron chi connectivity index (χ0n) is 9.27. The summed E-state index contributed by atoms with van der Waals surface area (Å²) in [4.78, 5) is 0. The number of nitrogens with zero attached hydrogens (tertiary/aromatic N) is 1. The number of rotatable bonds is 0. The zero-order valence-corrected chi connectivity index (χ0v) is 10.0. The van der Waals surface area contributed by atoms with Crippen molar-refractivity contribution < 1.29 is 13.2 Å². The fourth-order valence-corrected chi connectivity index (χ4v) is 1.09. The molecule has 1 nitrogen and oxygen atoms in total. The van der Waals surface area contributed by atoms with Gasteiger partial charge in [-0.2, -0.15) is 13.2 Å². The van der Waals surface area contributed by atoms with Crippen LogP contribution in [0.15, 0.2) is 18.2 Å². The Morgan fingerprint density at radius 2 is 1.62 bits per heavy atom. The van der Waals surface area contributed by atoms with E-state index in [1.807, 2.05) is 13.8 Å². The lowest BCUT2D eigenvalue weighted by atomic mass is 10.1. The van der Waals surface area contributed by atoms with Crippen molar-refractivity contribution in [1.29, 1.82) is 5.26 Å². The molecule has 0 saturated heterocycles. The van der Waals surface area contributed by atoms with Gasteiger partial charge >= 0.3 is 6.18 Å². The van der Waals surface area contributed by atoms with E-state index in [2.05, 4.69) is 6.57 Å². The molecule has 0 aliphatic carbocycles. The Kier molecular flexibility index (Phi) is 8.60. The van der Waals surface area contributed by atoms with Gasteiger partial charge in [0.15, 0.2) is 0 Å². The third kappa shape index (κ3) is 5.04. The number of alkyl halides is 3. The molecular weight excluding hydrogens is 239 g/mol. The first-order valence-corrected chi connectivity index (χ1v) is 4.89. The predicted molar refractivity (Wildman–Crippen MR) is 59.2 cm³/mol. The molecule has 0 aliphatic rings. The van der Waals surface area contributed by atoms with Crippen LogP contribution in [0, 0.1) is 18.8 Å². The van der Waals surface area contributed by atoms with Crippen LogP contribution in [0.4, 0.5) is 13.2 Å². The molecule has 0 saturated carbocycles. The standard InChI is InChI=1S/C8H6ClF3.C2H6.CHN/c1-5-6(8(10,11)12)3-2-4-7(5)9;2*1-2/h2-4H,1H3;1-2H3;1H. The lowest BCUT2D eigenvalue weighted by molar-refractivity contribution is -0.138. The predicted octanol–water partition coefficient (Wildman–Crippen LogP) is 4.83. The first kappa shape index (κ1) is 17.2. The Bertz CT molecular complexity index is 332. The number of nitriles is 1. The summed E-state index contributed by atoms with van der Waals surface area (Å²) in [6.45, 7) is 8.85. The summed E-state index contributed by atoms with van der Waals surface area (Å²) in [5, 5.41) is 6.64. The lowest BCUT2D eigenvalue weighted by Gasteiger charge is -2.10. The molecular formula is C11H13ClF3N. The third-order valence-corrected chi connectivity index (χ3v) is 1.98. The van der Waals surface area contributed by atoms with Crippen molar-refractivity contribution in [2.75, 3.05) is 0 Å². The largest absolute Gasteiger partial charge is 0.416 e. The van der Waals surface area contributed by atoms with Gasteiger partial charge in [0, 0.05) is 11.6 Å². The summed E-state index contributed by atoms with van der Waals surface area (Å²) in [7, 11) is 0. The Hall–Kier alpha value is -1.21. The molecule has 1 rings (SSSR count). The summed E-state index contributed by atoms with van der Waals surface area (Å²) >= 11 is 5.52. The summed E-state index contributed by atoms with van der Waals surface area (Å²) in [5.74, 6) is 0. The molecule has 16 heavy (non-hydrogen) atoms. The van der Waals surface area contributed by atoms with Gasteiger partial charge in [-0.1, -0.05) is 31.5 Å². The van der Waals surface area contributed by atoms with Gasteiger partial charge in [-0.15, -0.1) is 0 Å². The van der Waals surface area contributed by atoms with Crippen LogP contribution in [-0.4, -0.2) is 0 Å². The van der Waals surface area contributed by atoms with E-state index in [0.29, 0.717) is 0 Å². The van der Waals surface area contributed by atoms with Crippen molar-refractivity contribution in [2.24, 2.45) is 0 Å². The smallest absolute Gasteiger partial charge is 0.202 e. The normalized spacial score (nSPS) is 9.31. The monoisotopic (exact) mass is 251 g/mol. The van der Waals surface area contributed by atoms with E-state index in [1.165, 1.54) is 19.1 Å². The molecule has 0 radical (unpaired) electrons. The van der Waals surface area contributed by atoms with Gasteiger partial charge in [0.1, 0.15) is 0 Å². The van der Waals surface area contributed by atoms with E-state index in [4.69, 9.17) is 16.9 Å². The van der Waals surface area contributed by atoms with Crippen molar-refractivity contribution >= 4 is 11.6 Å². The zero-order chi connectivity index (χ0) is 13.4. The summed E-state index contributed by atoms with van der Waals surface area (Å²) < 4.78 is 36.5. The molecule has 0 N–H and O–H groups in total. The van der Waals surface area contributed by atoms with Crippen molar-refractivity contribution in [1.82, 2.24) is 0 Å². The Labute approximate surface area is 98.5 Å². The van der Waals surface area contributed by atoms with Gasteiger partial charge in [-0.05, 0) is 24.6 Å². The minimum Gasteiger partial charge on any atom is -0.202 e. The summed E-state index contributed by atoms with van der Waals surface area (Å²) in [6, 6.07) is 3.74. The average Bonchev–Trinajstić information content (AvgIpc) is 2.26. The van der Waals surface area contributed by atoms with E-state index in [1.54, 1.807) is 0 Å². The van der Waals surface area contributed by atoms with Crippen molar-refractivity contribution in [3.05, 3.63) is 34.3 Å². The lowest BCUT2D eigenvalue weighted by Crippen LogP contribution is -2.07. The molecule has 0 spiro atoms. The second kappa shape index (κ2) is 8.00. The van der Waals surface area contributed by atoms with Crippen LogP contribution in [0.3, 0.4) is 0 Å². The molecule has 1 aromatic rings. The Balaban J connectivity index is 0. The minimum absolute atomic E-state index is 0.0756. The first-order chi connectivity index (χ1) is 7.43. The van der Waals surface area contributed by atoms with Crippen LogP contribution < -0.4 is 0 Å². The average molecular weight is 252 g/mol. The van der Waals surface area contributed by atoms with Gasteiger partial charge in [0.2, 0.25) is 0 Å². The van der Waals surface area contributed by atoms with Gasteiger partial charge in [0.25, 0.3) is 0 Å². The quantitative estimate of drug-likeness (QED) is 0.648. The van der Waals surface area contributed by atoms with Crippen LogP contribution >= 0.6 is 11.6 Å². The molecule has 0 heterocycles. The minimum atomic E-state index is -4.31. The summed E-state index contributed by atoms with van der Waals surface area (Å²) in [6.07, 6.45) is -4.31. The van der Waals surface area contributed by atoms with E-state index < -0.39 is 11.7 Å². The van der Waals surface area contributed by atoms with E-state index in [-0.39, 0.29) is 10.6 Å². The van der Waals surface area contributed by atoms with Gasteiger partial charge < -0.3 is 0 Å². The molecule has 0 aromatic heterocycles. The highest BCUT2D eigenvalue weighted by molar-refractivity contribution is 6.31. The number of benzene rings is 1. The maximum atomic E-state index is 12.2. The fourth-order valence-electron chi connectivity index (χ4n) is 0.915. The molecule has 0 atom stereocenters. The molecule has 1 aromatic carbocycles. The number of hydrogen-bond donors (Lipinski definition) is 0. The highest BCUT2D eigenvalue weighted by Gasteiger charge is 2.32. The molecule has 0 fully saturated rings. The molecule has 0 bridgehead atoms.